The number of alkyl halides is 2. The molecule has 0 unspecified atom stereocenters. The fourth-order valence-electron chi connectivity index (χ4n) is 4.93. The molecule has 1 aliphatic rings. The highest BCUT2D eigenvalue weighted by atomic mass is 28.4. The second-order valence-electron chi connectivity index (χ2n) is 8.83. The Morgan fingerprint density at radius 2 is 1.16 bits per heavy atom. The molecular formula is C22H21F8OSi. The Bertz CT molecular complexity index is 1070. The summed E-state index contributed by atoms with van der Waals surface area (Å²) in [6, 6.07) is 1.31. The van der Waals surface area contributed by atoms with Crippen molar-refractivity contribution in [3.8, 4) is 16.9 Å². The summed E-state index contributed by atoms with van der Waals surface area (Å²) in [6.45, 7) is 10.5. The van der Waals surface area contributed by atoms with Crippen molar-refractivity contribution in [3.05, 3.63) is 52.1 Å². The SMILES string of the molecule is CC(C)[Si](Oc1c(F)c(F)c2c(c1F)C(F)(F)c1[c]c(F)c(F)c(F)c1-2)(C(C)C)C(C)C. The van der Waals surface area contributed by atoms with Gasteiger partial charge in [-0.05, 0) is 16.6 Å². The molecule has 1 radical (unpaired) electrons. The number of halogens is 8. The average Bonchev–Trinajstić information content (AvgIpc) is 2.91. The van der Waals surface area contributed by atoms with E-state index in [0.717, 1.165) is 0 Å². The van der Waals surface area contributed by atoms with Crippen LogP contribution < -0.4 is 4.43 Å². The molecule has 0 heterocycles. The summed E-state index contributed by atoms with van der Waals surface area (Å²) in [4.78, 5) is 0. The van der Waals surface area contributed by atoms with Gasteiger partial charge in [0.1, 0.15) is 0 Å². The first-order chi connectivity index (χ1) is 14.6. The van der Waals surface area contributed by atoms with Gasteiger partial charge in [0.05, 0.1) is 5.56 Å². The molecule has 0 aliphatic heterocycles. The van der Waals surface area contributed by atoms with E-state index in [-0.39, 0.29) is 16.6 Å². The highest BCUT2D eigenvalue weighted by Gasteiger charge is 2.54. The smallest absolute Gasteiger partial charge is 0.303 e. The molecule has 0 bridgehead atoms. The number of fused-ring (bicyclic) bond motifs is 3. The standard InChI is InChI=1S/C22H21F8OSi/c1-8(2)32(9(3)4,10(5)6)31-21-19(27)15-14(18(26)20(21)28)13-11(22(15,29)30)7-12(23)16(24)17(13)25/h8-10H,1-6H3. The van der Waals surface area contributed by atoms with Gasteiger partial charge in [-0.25, -0.2) is 22.0 Å². The minimum Gasteiger partial charge on any atom is -0.539 e. The molecule has 0 spiro atoms. The largest absolute Gasteiger partial charge is 0.539 e. The van der Waals surface area contributed by atoms with Crippen LogP contribution >= 0.6 is 0 Å². The van der Waals surface area contributed by atoms with E-state index in [1.54, 1.807) is 41.5 Å². The fraction of sp³-hybridized carbons (Fsp3) is 0.455. The van der Waals surface area contributed by atoms with Crippen molar-refractivity contribution in [1.29, 1.82) is 0 Å². The van der Waals surface area contributed by atoms with E-state index in [1.165, 1.54) is 6.07 Å². The van der Waals surface area contributed by atoms with Crippen LogP contribution in [0.2, 0.25) is 16.6 Å². The van der Waals surface area contributed by atoms with Crippen molar-refractivity contribution < 1.29 is 39.5 Å². The minimum atomic E-state index is -4.51. The molecule has 175 valence electrons. The van der Waals surface area contributed by atoms with E-state index in [9.17, 15) is 13.2 Å². The van der Waals surface area contributed by atoms with Crippen LogP contribution in [0.3, 0.4) is 0 Å². The van der Waals surface area contributed by atoms with Crippen LogP contribution in [0.1, 0.15) is 52.7 Å². The molecule has 32 heavy (non-hydrogen) atoms. The van der Waals surface area contributed by atoms with Crippen molar-refractivity contribution in [3.63, 3.8) is 0 Å². The quantitative estimate of drug-likeness (QED) is 0.182. The van der Waals surface area contributed by atoms with Crippen LogP contribution in [0.4, 0.5) is 35.1 Å². The molecule has 0 aromatic heterocycles. The fourth-order valence-corrected chi connectivity index (χ4v) is 10.2. The van der Waals surface area contributed by atoms with Gasteiger partial charge in [0, 0.05) is 22.8 Å². The summed E-state index contributed by atoms with van der Waals surface area (Å²) < 4.78 is 123. The second-order valence-corrected chi connectivity index (χ2v) is 14.2. The van der Waals surface area contributed by atoms with Gasteiger partial charge >= 0.3 is 5.92 Å². The molecule has 1 nitrogen and oxygen atoms in total. The van der Waals surface area contributed by atoms with Gasteiger partial charge in [-0.15, -0.1) is 0 Å². The van der Waals surface area contributed by atoms with E-state index in [2.05, 4.69) is 0 Å². The number of hydrogen-bond acceptors (Lipinski definition) is 1. The lowest BCUT2D eigenvalue weighted by Gasteiger charge is -2.42. The van der Waals surface area contributed by atoms with Gasteiger partial charge in [-0.2, -0.15) is 13.2 Å². The molecule has 1 aliphatic carbocycles. The molecule has 2 aromatic carbocycles. The number of hydrogen-bond donors (Lipinski definition) is 0. The van der Waals surface area contributed by atoms with E-state index in [1.807, 2.05) is 0 Å². The Kier molecular flexibility index (Phi) is 5.94. The average molecular weight is 481 g/mol. The van der Waals surface area contributed by atoms with Crippen LogP contribution in [0.15, 0.2) is 0 Å². The Hall–Kier alpha value is -2.10. The number of rotatable bonds is 5. The summed E-state index contributed by atoms with van der Waals surface area (Å²) in [6.07, 6.45) is 0. The van der Waals surface area contributed by atoms with Gasteiger partial charge < -0.3 is 4.43 Å². The summed E-state index contributed by atoms with van der Waals surface area (Å²) in [7, 11) is -3.14. The first-order valence-corrected chi connectivity index (χ1v) is 12.1. The zero-order valence-corrected chi connectivity index (χ0v) is 19.2. The predicted octanol–water partition coefficient (Wildman–Crippen LogP) is 8.00. The topological polar surface area (TPSA) is 9.23 Å². The highest BCUT2D eigenvalue weighted by Crippen LogP contribution is 2.57. The lowest BCUT2D eigenvalue weighted by atomic mass is 10.0. The van der Waals surface area contributed by atoms with Crippen molar-refractivity contribution in [2.24, 2.45) is 0 Å². The molecule has 0 N–H and O–H groups in total. The Morgan fingerprint density at radius 1 is 0.688 bits per heavy atom. The molecule has 0 saturated carbocycles. The van der Waals surface area contributed by atoms with Crippen LogP contribution in [0, 0.1) is 41.0 Å². The molecule has 3 rings (SSSR count). The van der Waals surface area contributed by atoms with Gasteiger partial charge in [0.15, 0.2) is 34.8 Å². The van der Waals surface area contributed by atoms with Gasteiger partial charge in [-0.1, -0.05) is 41.5 Å². The van der Waals surface area contributed by atoms with Crippen molar-refractivity contribution in [2.75, 3.05) is 0 Å². The first kappa shape index (κ1) is 24.5. The van der Waals surface area contributed by atoms with Gasteiger partial charge in [0.25, 0.3) is 8.32 Å². The van der Waals surface area contributed by atoms with E-state index in [0.29, 0.717) is 0 Å². The minimum absolute atomic E-state index is 0.246. The summed E-state index contributed by atoms with van der Waals surface area (Å²) in [5.41, 5.74) is -7.06. The van der Waals surface area contributed by atoms with Crippen LogP contribution in [-0.4, -0.2) is 8.32 Å². The zero-order chi connectivity index (χ0) is 24.5. The van der Waals surface area contributed by atoms with Crippen LogP contribution in [0.25, 0.3) is 11.1 Å². The van der Waals surface area contributed by atoms with Crippen molar-refractivity contribution in [1.82, 2.24) is 0 Å². The third-order valence-corrected chi connectivity index (χ3v) is 12.2. The lowest BCUT2D eigenvalue weighted by molar-refractivity contribution is 0.0425. The summed E-state index contributed by atoms with van der Waals surface area (Å²) in [5.74, 6) is -18.2. The zero-order valence-electron chi connectivity index (χ0n) is 18.2. The molecule has 0 saturated heterocycles. The maximum Gasteiger partial charge on any atom is 0.303 e. The third-order valence-electron chi connectivity index (χ3n) is 6.23. The van der Waals surface area contributed by atoms with E-state index >= 15 is 22.0 Å². The third kappa shape index (κ3) is 3.08. The molecule has 10 heteroatoms. The van der Waals surface area contributed by atoms with E-state index < -0.39 is 77.1 Å². The second kappa shape index (κ2) is 7.74. The highest BCUT2D eigenvalue weighted by molar-refractivity contribution is 6.78. The predicted molar refractivity (Wildman–Crippen MR) is 105 cm³/mol. The van der Waals surface area contributed by atoms with Crippen molar-refractivity contribution in [2.45, 2.75) is 64.1 Å². The molecule has 0 fully saturated rings. The van der Waals surface area contributed by atoms with Gasteiger partial charge in [-0.3, -0.25) is 0 Å². The van der Waals surface area contributed by atoms with Crippen LogP contribution in [0.5, 0.6) is 5.75 Å². The Morgan fingerprint density at radius 3 is 1.62 bits per heavy atom. The maximum atomic E-state index is 15.4. The lowest BCUT2D eigenvalue weighted by Crippen LogP contribution is -2.51. The van der Waals surface area contributed by atoms with Crippen LogP contribution in [-0.2, 0) is 5.92 Å². The molecule has 0 atom stereocenters. The number of benzene rings is 2. The molecule has 0 amide bonds. The maximum absolute atomic E-state index is 15.4. The monoisotopic (exact) mass is 481 g/mol. The normalized spacial score (nSPS) is 15.0. The van der Waals surface area contributed by atoms with E-state index in [4.69, 9.17) is 4.43 Å². The summed E-state index contributed by atoms with van der Waals surface area (Å²) in [5, 5.41) is 0. The molecule has 2 aromatic rings. The Balaban J connectivity index is 2.39. The first-order valence-electron chi connectivity index (χ1n) is 10.0. The summed E-state index contributed by atoms with van der Waals surface area (Å²) >= 11 is 0. The van der Waals surface area contributed by atoms with Crippen molar-refractivity contribution >= 4 is 8.32 Å². The van der Waals surface area contributed by atoms with Gasteiger partial charge in [0.2, 0.25) is 5.82 Å². The molecular weight excluding hydrogens is 460 g/mol. The Labute approximate surface area is 181 Å².